The highest BCUT2D eigenvalue weighted by molar-refractivity contribution is 5.82. The lowest BCUT2D eigenvalue weighted by molar-refractivity contribution is -0.214. The molecule has 0 aliphatic carbocycles. The molecule has 1 heterocycles. The second-order valence-corrected chi connectivity index (χ2v) is 2.80. The number of nitrogens with two attached hydrogens (primary N) is 1. The zero-order chi connectivity index (χ0) is 9.03. The van der Waals surface area contributed by atoms with Crippen molar-refractivity contribution in [3.05, 3.63) is 6.42 Å². The average Bonchev–Trinajstić information content (AvgIpc) is 2.29. The van der Waals surface area contributed by atoms with Gasteiger partial charge in [0.2, 0.25) is 5.79 Å². The molecule has 1 saturated heterocycles. The lowest BCUT2D eigenvalue weighted by Gasteiger charge is -2.26. The Morgan fingerprint density at radius 3 is 3.08 bits per heavy atom. The molecule has 4 heteroatoms. The molecule has 0 aromatic carbocycles. The Hall–Kier alpha value is -0.610. The van der Waals surface area contributed by atoms with Crippen LogP contribution in [0.4, 0.5) is 0 Å². The molecule has 69 valence electrons. The molecule has 1 aliphatic rings. The van der Waals surface area contributed by atoms with E-state index in [4.69, 9.17) is 15.2 Å². The summed E-state index contributed by atoms with van der Waals surface area (Å²) in [6, 6.07) is 0. The Labute approximate surface area is 72.0 Å². The minimum atomic E-state index is -1.21. The molecule has 12 heavy (non-hydrogen) atoms. The minimum absolute atomic E-state index is 0.443. The molecule has 1 fully saturated rings. The molecule has 0 bridgehead atoms. The predicted octanol–water partition coefficient (Wildman–Crippen LogP) is 0.219. The normalized spacial score (nSPS) is 31.1. The molecule has 1 radical (unpaired) electrons. The summed E-state index contributed by atoms with van der Waals surface area (Å²) in [5.41, 5.74) is 5.17. The summed E-state index contributed by atoms with van der Waals surface area (Å²) in [7, 11) is 1.43. The summed E-state index contributed by atoms with van der Waals surface area (Å²) in [6.45, 7) is 0.521. The van der Waals surface area contributed by atoms with Crippen LogP contribution in [-0.4, -0.2) is 25.4 Å². The van der Waals surface area contributed by atoms with Crippen LogP contribution in [0.5, 0.6) is 0 Å². The zero-order valence-corrected chi connectivity index (χ0v) is 7.21. The first-order valence-electron chi connectivity index (χ1n) is 4.02. The zero-order valence-electron chi connectivity index (χ0n) is 7.21. The summed E-state index contributed by atoms with van der Waals surface area (Å²) in [5.74, 6) is -1.76. The Balaban J connectivity index is 2.68. The van der Waals surface area contributed by atoms with Crippen molar-refractivity contribution in [2.24, 2.45) is 5.73 Å². The SMILES string of the molecule is COC1(C(N)=O)C[CH]CCCO1. The molecule has 2 N–H and O–H groups in total. The smallest absolute Gasteiger partial charge is 0.277 e. The molecule has 4 nitrogen and oxygen atoms in total. The van der Waals surface area contributed by atoms with Crippen molar-refractivity contribution in [1.29, 1.82) is 0 Å². The van der Waals surface area contributed by atoms with E-state index in [1.165, 1.54) is 7.11 Å². The van der Waals surface area contributed by atoms with Crippen molar-refractivity contribution in [3.8, 4) is 0 Å². The third-order valence-corrected chi connectivity index (χ3v) is 2.01. The van der Waals surface area contributed by atoms with Crippen molar-refractivity contribution in [2.75, 3.05) is 13.7 Å². The van der Waals surface area contributed by atoms with Crippen molar-refractivity contribution in [3.63, 3.8) is 0 Å². The van der Waals surface area contributed by atoms with E-state index in [0.717, 1.165) is 12.8 Å². The molecule has 1 aliphatic heterocycles. The third-order valence-electron chi connectivity index (χ3n) is 2.01. The van der Waals surface area contributed by atoms with Gasteiger partial charge in [-0.15, -0.1) is 0 Å². The van der Waals surface area contributed by atoms with Crippen LogP contribution < -0.4 is 5.73 Å². The van der Waals surface area contributed by atoms with Crippen LogP contribution in [0, 0.1) is 6.42 Å². The number of amides is 1. The van der Waals surface area contributed by atoms with Crippen molar-refractivity contribution in [1.82, 2.24) is 0 Å². The summed E-state index contributed by atoms with van der Waals surface area (Å²) in [5, 5.41) is 0. The predicted molar refractivity (Wildman–Crippen MR) is 43.0 cm³/mol. The van der Waals surface area contributed by atoms with E-state index in [9.17, 15) is 4.79 Å². The lowest BCUT2D eigenvalue weighted by atomic mass is 10.1. The van der Waals surface area contributed by atoms with Gasteiger partial charge in [-0.05, 0) is 19.3 Å². The maximum atomic E-state index is 11.0. The minimum Gasteiger partial charge on any atom is -0.365 e. The lowest BCUT2D eigenvalue weighted by Crippen LogP contribution is -2.47. The molecule has 1 rings (SSSR count). The van der Waals surface area contributed by atoms with Gasteiger partial charge in [0, 0.05) is 13.5 Å². The van der Waals surface area contributed by atoms with Crippen molar-refractivity contribution in [2.45, 2.75) is 25.0 Å². The number of carbonyl (C=O) groups is 1. The van der Waals surface area contributed by atoms with E-state index in [0.29, 0.717) is 13.0 Å². The topological polar surface area (TPSA) is 61.5 Å². The van der Waals surface area contributed by atoms with Crippen LogP contribution in [0.25, 0.3) is 0 Å². The van der Waals surface area contributed by atoms with Crippen molar-refractivity contribution < 1.29 is 14.3 Å². The molecule has 0 saturated carbocycles. The van der Waals surface area contributed by atoms with Gasteiger partial charge in [0.15, 0.2) is 0 Å². The monoisotopic (exact) mass is 172 g/mol. The number of primary amides is 1. The Bertz CT molecular complexity index is 162. The van der Waals surface area contributed by atoms with Crippen LogP contribution in [0.1, 0.15) is 19.3 Å². The van der Waals surface area contributed by atoms with Gasteiger partial charge in [-0.2, -0.15) is 0 Å². The second kappa shape index (κ2) is 3.87. The number of hydrogen-bond acceptors (Lipinski definition) is 3. The Morgan fingerprint density at radius 2 is 2.50 bits per heavy atom. The van der Waals surface area contributed by atoms with Crippen LogP contribution in [0.15, 0.2) is 0 Å². The molecule has 0 spiro atoms. The van der Waals surface area contributed by atoms with Gasteiger partial charge in [0.05, 0.1) is 6.61 Å². The van der Waals surface area contributed by atoms with E-state index >= 15 is 0 Å². The molecule has 0 aromatic heterocycles. The highest BCUT2D eigenvalue weighted by Crippen LogP contribution is 2.23. The molecule has 1 atom stereocenters. The van der Waals surface area contributed by atoms with Gasteiger partial charge in [-0.3, -0.25) is 4.79 Å². The first-order chi connectivity index (χ1) is 5.71. The van der Waals surface area contributed by atoms with Gasteiger partial charge in [0.1, 0.15) is 0 Å². The number of hydrogen-bond donors (Lipinski definition) is 1. The fraction of sp³-hybridized carbons (Fsp3) is 0.750. The fourth-order valence-electron chi connectivity index (χ4n) is 1.23. The van der Waals surface area contributed by atoms with E-state index in [2.05, 4.69) is 0 Å². The first kappa shape index (κ1) is 9.48. The van der Waals surface area contributed by atoms with Gasteiger partial charge in [0.25, 0.3) is 5.91 Å². The van der Waals surface area contributed by atoms with Crippen LogP contribution in [-0.2, 0) is 14.3 Å². The van der Waals surface area contributed by atoms with Gasteiger partial charge in [-0.25, -0.2) is 0 Å². The van der Waals surface area contributed by atoms with E-state index in [1.54, 1.807) is 0 Å². The molecule has 0 aromatic rings. The number of carbonyl (C=O) groups excluding carboxylic acids is 1. The molecule has 1 unspecified atom stereocenters. The molecular formula is C8H14NO3. The van der Waals surface area contributed by atoms with Crippen molar-refractivity contribution >= 4 is 5.91 Å². The highest BCUT2D eigenvalue weighted by Gasteiger charge is 2.38. The quantitative estimate of drug-likeness (QED) is 0.648. The van der Waals surface area contributed by atoms with E-state index in [-0.39, 0.29) is 0 Å². The fourth-order valence-corrected chi connectivity index (χ4v) is 1.23. The first-order valence-corrected chi connectivity index (χ1v) is 4.02. The average molecular weight is 172 g/mol. The Morgan fingerprint density at radius 1 is 1.75 bits per heavy atom. The molecular weight excluding hydrogens is 158 g/mol. The summed E-state index contributed by atoms with van der Waals surface area (Å²) in [6.07, 6.45) is 4.27. The van der Waals surface area contributed by atoms with Crippen LogP contribution in [0.3, 0.4) is 0 Å². The number of ether oxygens (including phenoxy) is 2. The van der Waals surface area contributed by atoms with Gasteiger partial charge < -0.3 is 15.2 Å². The number of rotatable bonds is 2. The summed E-state index contributed by atoms with van der Waals surface area (Å²) < 4.78 is 10.3. The largest absolute Gasteiger partial charge is 0.365 e. The molecule has 1 amide bonds. The second-order valence-electron chi connectivity index (χ2n) is 2.80. The van der Waals surface area contributed by atoms with Gasteiger partial charge in [-0.1, -0.05) is 0 Å². The maximum Gasteiger partial charge on any atom is 0.277 e. The standard InChI is InChI=1S/C8H14NO3/c1-11-8(7(9)10)5-3-2-4-6-12-8/h3H,2,4-6H2,1H3,(H2,9,10). The van der Waals surface area contributed by atoms with E-state index < -0.39 is 11.7 Å². The Kier molecular flexibility index (Phi) is 3.05. The third kappa shape index (κ3) is 1.76. The van der Waals surface area contributed by atoms with Gasteiger partial charge >= 0.3 is 0 Å². The van der Waals surface area contributed by atoms with Crippen LogP contribution in [0.2, 0.25) is 0 Å². The van der Waals surface area contributed by atoms with E-state index in [1.807, 2.05) is 6.42 Å². The maximum absolute atomic E-state index is 11.0. The summed E-state index contributed by atoms with van der Waals surface area (Å²) in [4.78, 5) is 11.0. The number of methoxy groups -OCH3 is 1. The summed E-state index contributed by atoms with van der Waals surface area (Å²) >= 11 is 0. The highest BCUT2D eigenvalue weighted by atomic mass is 16.7. The van der Waals surface area contributed by atoms with Crippen LogP contribution >= 0.6 is 0 Å².